The third-order valence-electron chi connectivity index (χ3n) is 3.83. The molecule has 0 saturated heterocycles. The van der Waals surface area contributed by atoms with Gasteiger partial charge in [-0.25, -0.2) is 0 Å². The Balaban J connectivity index is 2.08. The zero-order valence-electron chi connectivity index (χ0n) is 12.3. The highest BCUT2D eigenvalue weighted by molar-refractivity contribution is 5.70. The van der Waals surface area contributed by atoms with E-state index in [0.717, 1.165) is 29.8 Å². The lowest BCUT2D eigenvalue weighted by molar-refractivity contribution is -0.136. The molecule has 114 valence electrons. The van der Waals surface area contributed by atoms with Crippen LogP contribution in [0.1, 0.15) is 24.4 Å². The third kappa shape index (κ3) is 2.74. The topological polar surface area (TPSA) is 68.5 Å². The number of nitrogens with zero attached hydrogens (tertiary/aromatic N) is 1. The van der Waals surface area contributed by atoms with Gasteiger partial charge in [0, 0.05) is 11.6 Å². The molecule has 5 heteroatoms. The van der Waals surface area contributed by atoms with E-state index in [2.05, 4.69) is 0 Å². The minimum Gasteiger partial charge on any atom is -0.497 e. The molecule has 2 aromatic rings. The van der Waals surface area contributed by atoms with Gasteiger partial charge in [0.1, 0.15) is 5.75 Å². The molecular weight excluding hydrogens is 282 g/mol. The molecule has 0 bridgehead atoms. The Labute approximate surface area is 127 Å². The molecule has 0 amide bonds. The second-order valence-electron chi connectivity index (χ2n) is 5.45. The van der Waals surface area contributed by atoms with Crippen LogP contribution in [-0.2, 0) is 11.2 Å². The van der Waals surface area contributed by atoms with Crippen LogP contribution >= 0.6 is 0 Å². The average Bonchev–Trinajstić information content (AvgIpc) is 3.33. The lowest BCUT2D eigenvalue weighted by Gasteiger charge is -2.14. The smallest absolute Gasteiger partial charge is 0.308 e. The summed E-state index contributed by atoms with van der Waals surface area (Å²) >= 11 is 0. The van der Waals surface area contributed by atoms with Crippen LogP contribution in [0.3, 0.4) is 0 Å². The Hall–Kier alpha value is -2.56. The molecule has 1 aliphatic rings. The molecule has 0 radical (unpaired) electrons. The van der Waals surface area contributed by atoms with Crippen molar-refractivity contribution in [3.63, 3.8) is 0 Å². The molecule has 0 atom stereocenters. The summed E-state index contributed by atoms with van der Waals surface area (Å²) in [5.41, 5.74) is 1.88. The van der Waals surface area contributed by atoms with E-state index in [-0.39, 0.29) is 18.0 Å². The highest BCUT2D eigenvalue weighted by Gasteiger charge is 2.28. The molecule has 1 aromatic carbocycles. The summed E-state index contributed by atoms with van der Waals surface area (Å²) in [6, 6.07) is 11.1. The van der Waals surface area contributed by atoms with Gasteiger partial charge < -0.3 is 14.4 Å². The van der Waals surface area contributed by atoms with E-state index in [0.29, 0.717) is 5.56 Å². The summed E-state index contributed by atoms with van der Waals surface area (Å²) in [5.74, 6) is -0.233. The van der Waals surface area contributed by atoms with E-state index in [9.17, 15) is 9.59 Å². The molecule has 3 rings (SSSR count). The van der Waals surface area contributed by atoms with Gasteiger partial charge in [-0.15, -0.1) is 0 Å². The van der Waals surface area contributed by atoms with Crippen molar-refractivity contribution in [2.24, 2.45) is 0 Å². The van der Waals surface area contributed by atoms with Crippen molar-refractivity contribution in [2.75, 3.05) is 7.11 Å². The maximum Gasteiger partial charge on any atom is 0.308 e. The van der Waals surface area contributed by atoms with Crippen LogP contribution < -0.4 is 10.3 Å². The van der Waals surface area contributed by atoms with Gasteiger partial charge in [-0.05, 0) is 48.7 Å². The van der Waals surface area contributed by atoms with Crippen molar-refractivity contribution in [3.8, 4) is 17.0 Å². The molecule has 0 aliphatic heterocycles. The van der Waals surface area contributed by atoms with Crippen molar-refractivity contribution >= 4 is 5.97 Å². The number of rotatable bonds is 5. The lowest BCUT2D eigenvalue weighted by atomic mass is 10.1. The van der Waals surface area contributed by atoms with Gasteiger partial charge in [0.25, 0.3) is 5.56 Å². The highest BCUT2D eigenvalue weighted by Crippen LogP contribution is 2.37. The first-order chi connectivity index (χ1) is 10.6. The minimum absolute atomic E-state index is 0.179. The molecule has 1 heterocycles. The number of hydrogen-bond donors (Lipinski definition) is 1. The summed E-state index contributed by atoms with van der Waals surface area (Å²) in [6.07, 6.45) is 1.67. The first-order valence-corrected chi connectivity index (χ1v) is 7.21. The Kier molecular flexibility index (Phi) is 3.71. The average molecular weight is 299 g/mol. The van der Waals surface area contributed by atoms with Crippen LogP contribution in [0.2, 0.25) is 0 Å². The van der Waals surface area contributed by atoms with Crippen LogP contribution in [0.25, 0.3) is 11.3 Å². The molecule has 0 spiro atoms. The van der Waals surface area contributed by atoms with E-state index in [1.165, 1.54) is 0 Å². The van der Waals surface area contributed by atoms with Gasteiger partial charge in [-0.3, -0.25) is 9.59 Å². The van der Waals surface area contributed by atoms with Crippen LogP contribution in [0.4, 0.5) is 0 Å². The monoisotopic (exact) mass is 299 g/mol. The van der Waals surface area contributed by atoms with Gasteiger partial charge in [0.05, 0.1) is 19.2 Å². The summed E-state index contributed by atoms with van der Waals surface area (Å²) in [7, 11) is 1.61. The summed E-state index contributed by atoms with van der Waals surface area (Å²) < 4.78 is 6.88. The van der Waals surface area contributed by atoms with Crippen molar-refractivity contribution < 1.29 is 14.6 Å². The highest BCUT2D eigenvalue weighted by atomic mass is 16.5. The van der Waals surface area contributed by atoms with Gasteiger partial charge in [-0.2, -0.15) is 0 Å². The van der Waals surface area contributed by atoms with Gasteiger partial charge in [0.15, 0.2) is 0 Å². The number of methoxy groups -OCH3 is 1. The molecule has 1 aromatic heterocycles. The Morgan fingerprint density at radius 1 is 1.23 bits per heavy atom. The van der Waals surface area contributed by atoms with Crippen molar-refractivity contribution in [2.45, 2.75) is 25.3 Å². The van der Waals surface area contributed by atoms with E-state index < -0.39 is 5.97 Å². The predicted molar refractivity (Wildman–Crippen MR) is 82.3 cm³/mol. The normalized spacial score (nSPS) is 13.9. The number of aromatic nitrogens is 1. The molecule has 0 unspecified atom stereocenters. The van der Waals surface area contributed by atoms with Crippen LogP contribution in [-0.4, -0.2) is 22.8 Å². The van der Waals surface area contributed by atoms with Crippen molar-refractivity contribution in [1.82, 2.24) is 4.57 Å². The van der Waals surface area contributed by atoms with Gasteiger partial charge in [-0.1, -0.05) is 6.07 Å². The SMILES string of the molecule is COc1ccc(-c2ccc(CC(=O)O)c(=O)n2C2CC2)cc1. The molecule has 5 nitrogen and oxygen atoms in total. The fraction of sp³-hybridized carbons (Fsp3) is 0.294. The number of benzene rings is 1. The fourth-order valence-corrected chi connectivity index (χ4v) is 2.59. The van der Waals surface area contributed by atoms with Crippen LogP contribution in [0.5, 0.6) is 5.75 Å². The van der Waals surface area contributed by atoms with E-state index >= 15 is 0 Å². The van der Waals surface area contributed by atoms with E-state index in [1.807, 2.05) is 30.3 Å². The second-order valence-corrected chi connectivity index (χ2v) is 5.45. The Morgan fingerprint density at radius 2 is 1.91 bits per heavy atom. The summed E-state index contributed by atoms with van der Waals surface area (Å²) in [5, 5.41) is 8.92. The number of carboxylic acids is 1. The largest absolute Gasteiger partial charge is 0.497 e. The van der Waals surface area contributed by atoms with Crippen LogP contribution in [0.15, 0.2) is 41.2 Å². The van der Waals surface area contributed by atoms with Crippen molar-refractivity contribution in [3.05, 3.63) is 52.3 Å². The molecule has 1 saturated carbocycles. The van der Waals surface area contributed by atoms with E-state index in [1.54, 1.807) is 17.7 Å². The molecule has 1 N–H and O–H groups in total. The van der Waals surface area contributed by atoms with Crippen LogP contribution in [0, 0.1) is 0 Å². The van der Waals surface area contributed by atoms with E-state index in [4.69, 9.17) is 9.84 Å². The summed E-state index contributed by atoms with van der Waals surface area (Å²) in [4.78, 5) is 23.5. The zero-order valence-corrected chi connectivity index (χ0v) is 12.3. The lowest BCUT2D eigenvalue weighted by Crippen LogP contribution is -2.25. The van der Waals surface area contributed by atoms with Gasteiger partial charge in [0.2, 0.25) is 0 Å². The zero-order chi connectivity index (χ0) is 15.7. The Morgan fingerprint density at radius 3 is 2.45 bits per heavy atom. The Bertz CT molecular complexity index is 757. The first kappa shape index (κ1) is 14.4. The first-order valence-electron chi connectivity index (χ1n) is 7.21. The standard InChI is InChI=1S/C17H17NO4/c1-22-14-7-2-11(3-8-14)15-9-4-12(10-16(19)20)17(21)18(15)13-5-6-13/h2-4,7-9,13H,5-6,10H2,1H3,(H,19,20). The number of pyridine rings is 1. The molecule has 22 heavy (non-hydrogen) atoms. The second kappa shape index (κ2) is 5.67. The fourth-order valence-electron chi connectivity index (χ4n) is 2.59. The maximum absolute atomic E-state index is 12.6. The number of aliphatic carboxylic acids is 1. The number of carboxylic acid groups (broad SMARTS) is 1. The molecular formula is C17H17NO4. The van der Waals surface area contributed by atoms with Crippen molar-refractivity contribution in [1.29, 1.82) is 0 Å². The third-order valence-corrected chi connectivity index (χ3v) is 3.83. The maximum atomic E-state index is 12.6. The number of carbonyl (C=O) groups is 1. The molecule has 1 fully saturated rings. The molecule has 1 aliphatic carbocycles. The minimum atomic E-state index is -0.989. The summed E-state index contributed by atoms with van der Waals surface area (Å²) in [6.45, 7) is 0. The predicted octanol–water partition coefficient (Wildman–Crippen LogP) is 2.49. The number of ether oxygens (including phenoxy) is 1. The number of hydrogen-bond acceptors (Lipinski definition) is 3. The quantitative estimate of drug-likeness (QED) is 0.921. The van der Waals surface area contributed by atoms with Gasteiger partial charge >= 0.3 is 5.97 Å².